The Balaban J connectivity index is 2.86. The van der Waals surface area contributed by atoms with Crippen LogP contribution in [0.4, 0.5) is 5.69 Å². The molecule has 5 nitrogen and oxygen atoms in total. The Morgan fingerprint density at radius 3 is 2.85 bits per heavy atom. The van der Waals surface area contributed by atoms with E-state index < -0.39 is 10.7 Å². The smallest absolute Gasteiger partial charge is 0.185 e. The molecule has 0 aromatic carbocycles. The van der Waals surface area contributed by atoms with Crippen LogP contribution in [-0.4, -0.2) is 17.8 Å². The van der Waals surface area contributed by atoms with Crippen LogP contribution in [0.5, 0.6) is 0 Å². The summed E-state index contributed by atoms with van der Waals surface area (Å²) in [4.78, 5) is 3.90. The van der Waals surface area contributed by atoms with Crippen molar-refractivity contribution >= 4 is 22.0 Å². The van der Waals surface area contributed by atoms with E-state index in [4.69, 9.17) is 5.73 Å². The minimum absolute atomic E-state index is 0.150. The third kappa shape index (κ3) is 1.25. The fourth-order valence-electron chi connectivity index (χ4n) is 1.12. The average molecular weight is 197 g/mol. The van der Waals surface area contributed by atoms with Crippen molar-refractivity contribution in [2.45, 2.75) is 5.03 Å². The number of nitrogens with zero attached hydrogens (tertiary/aromatic N) is 2. The molecule has 0 bridgehead atoms. The molecule has 2 heterocycles. The number of hydrogen-bond acceptors (Lipinski definition) is 4. The number of imidazole rings is 1. The molecule has 2 rings (SSSR count). The summed E-state index contributed by atoms with van der Waals surface area (Å²) in [7, 11) is -2.63. The van der Waals surface area contributed by atoms with Gasteiger partial charge in [0.05, 0.1) is 6.20 Å². The summed E-state index contributed by atoms with van der Waals surface area (Å²) in [6.07, 6.45) is 2.84. The quantitative estimate of drug-likeness (QED) is 0.625. The zero-order valence-electron chi connectivity index (χ0n) is 6.54. The van der Waals surface area contributed by atoms with E-state index in [0.717, 1.165) is 0 Å². The molecule has 0 saturated carbocycles. The van der Waals surface area contributed by atoms with Crippen molar-refractivity contribution in [2.24, 2.45) is 0 Å². The van der Waals surface area contributed by atoms with E-state index in [1.807, 2.05) is 0 Å². The van der Waals surface area contributed by atoms with Crippen molar-refractivity contribution in [3.05, 3.63) is 24.5 Å². The van der Waals surface area contributed by atoms with Crippen LogP contribution >= 0.6 is 0 Å². The van der Waals surface area contributed by atoms with E-state index in [0.29, 0.717) is 11.3 Å². The number of aromatic nitrogens is 2. The molecule has 0 aliphatic rings. The van der Waals surface area contributed by atoms with Crippen LogP contribution in [0.3, 0.4) is 0 Å². The molecular weight excluding hydrogens is 190 g/mol. The van der Waals surface area contributed by atoms with Gasteiger partial charge in [0.2, 0.25) is 0 Å². The number of rotatable bonds is 1. The highest BCUT2D eigenvalue weighted by Gasteiger charge is 2.03. The molecule has 0 unspecified atom stereocenters. The predicted octanol–water partition coefficient (Wildman–Crippen LogP) is -0.113. The molecule has 0 spiro atoms. The van der Waals surface area contributed by atoms with E-state index in [1.165, 1.54) is 16.8 Å². The number of nitrogen functional groups attached to an aromatic ring is 1. The van der Waals surface area contributed by atoms with E-state index in [2.05, 4.69) is 4.98 Å². The topological polar surface area (TPSA) is 77.5 Å². The Kier molecular flexibility index (Phi) is 1.70. The first kappa shape index (κ1) is 8.06. The number of pyridine rings is 1. The molecule has 0 saturated heterocycles. The third-order valence-corrected chi connectivity index (χ3v) is 2.40. The minimum atomic E-state index is -2.63. The summed E-state index contributed by atoms with van der Waals surface area (Å²) in [5.41, 5.74) is 6.58. The SMILES string of the molecule is Nc1ccc2ncc([SH](=O)=O)n2c1. The fourth-order valence-corrected chi connectivity index (χ4v) is 1.61. The van der Waals surface area contributed by atoms with Gasteiger partial charge < -0.3 is 5.73 Å². The van der Waals surface area contributed by atoms with Crippen LogP contribution in [0.1, 0.15) is 0 Å². The first-order chi connectivity index (χ1) is 6.18. The fraction of sp³-hybridized carbons (Fsp3) is 0. The van der Waals surface area contributed by atoms with Gasteiger partial charge in [0.25, 0.3) is 0 Å². The minimum Gasteiger partial charge on any atom is -0.398 e. The summed E-state index contributed by atoms with van der Waals surface area (Å²) in [6.45, 7) is 0. The summed E-state index contributed by atoms with van der Waals surface area (Å²) < 4.78 is 22.9. The molecule has 68 valence electrons. The van der Waals surface area contributed by atoms with Gasteiger partial charge in [-0.1, -0.05) is 0 Å². The Bertz CT molecular complexity index is 522. The Hall–Kier alpha value is -1.56. The third-order valence-electron chi connectivity index (χ3n) is 1.70. The van der Waals surface area contributed by atoms with Gasteiger partial charge in [-0.25, -0.2) is 13.4 Å². The largest absolute Gasteiger partial charge is 0.398 e. The standard InChI is InChI=1S/C7H7N3O2S/c8-5-1-2-6-9-3-7(13(11)12)10(6)4-5/h1-4,13H,8H2. The van der Waals surface area contributed by atoms with Crippen LogP contribution in [0.2, 0.25) is 0 Å². The molecule has 6 heteroatoms. The monoisotopic (exact) mass is 197 g/mol. The maximum atomic E-state index is 10.7. The predicted molar refractivity (Wildman–Crippen MR) is 48.2 cm³/mol. The average Bonchev–Trinajstić information content (AvgIpc) is 2.46. The number of fused-ring (bicyclic) bond motifs is 1. The lowest BCUT2D eigenvalue weighted by molar-refractivity contribution is 0.610. The maximum absolute atomic E-state index is 10.7. The van der Waals surface area contributed by atoms with E-state index in [9.17, 15) is 8.42 Å². The van der Waals surface area contributed by atoms with Crippen LogP contribution in [0.15, 0.2) is 29.6 Å². The highest BCUT2D eigenvalue weighted by atomic mass is 32.2. The Labute approximate surface area is 75.8 Å². The van der Waals surface area contributed by atoms with Gasteiger partial charge in [-0.2, -0.15) is 0 Å². The first-order valence-corrected chi connectivity index (χ1v) is 4.73. The lowest BCUT2D eigenvalue weighted by Crippen LogP contribution is -1.93. The van der Waals surface area contributed by atoms with Crippen molar-refractivity contribution < 1.29 is 8.42 Å². The van der Waals surface area contributed by atoms with E-state index in [-0.39, 0.29) is 5.03 Å². The molecule has 0 fully saturated rings. The zero-order chi connectivity index (χ0) is 9.42. The molecule has 2 aromatic rings. The number of thiol groups is 1. The second-order valence-corrected chi connectivity index (χ2v) is 3.54. The second kappa shape index (κ2) is 2.74. The van der Waals surface area contributed by atoms with Crippen molar-refractivity contribution in [3.63, 3.8) is 0 Å². The molecule has 2 aromatic heterocycles. The van der Waals surface area contributed by atoms with Crippen LogP contribution in [0.25, 0.3) is 5.65 Å². The van der Waals surface area contributed by atoms with Gasteiger partial charge in [0, 0.05) is 11.9 Å². The lowest BCUT2D eigenvalue weighted by atomic mass is 10.4. The van der Waals surface area contributed by atoms with Gasteiger partial charge in [0.1, 0.15) is 5.65 Å². The summed E-state index contributed by atoms with van der Waals surface area (Å²) in [5, 5.41) is 0.150. The van der Waals surface area contributed by atoms with E-state index >= 15 is 0 Å². The van der Waals surface area contributed by atoms with Crippen LogP contribution < -0.4 is 5.73 Å². The van der Waals surface area contributed by atoms with Gasteiger partial charge >= 0.3 is 0 Å². The van der Waals surface area contributed by atoms with Crippen molar-refractivity contribution in [1.29, 1.82) is 0 Å². The van der Waals surface area contributed by atoms with Crippen LogP contribution in [-0.2, 0) is 10.7 Å². The molecule has 0 atom stereocenters. The molecule has 0 aliphatic carbocycles. The molecule has 2 N–H and O–H groups in total. The zero-order valence-corrected chi connectivity index (χ0v) is 7.44. The van der Waals surface area contributed by atoms with Gasteiger partial charge in [-0.15, -0.1) is 0 Å². The summed E-state index contributed by atoms with van der Waals surface area (Å²) in [6, 6.07) is 3.33. The van der Waals surface area contributed by atoms with Crippen molar-refractivity contribution in [2.75, 3.05) is 5.73 Å². The Morgan fingerprint density at radius 1 is 1.38 bits per heavy atom. The molecule has 0 radical (unpaired) electrons. The number of nitrogens with two attached hydrogens (primary N) is 1. The van der Waals surface area contributed by atoms with Gasteiger partial charge in [0.15, 0.2) is 15.7 Å². The number of hydrogen-bond donors (Lipinski definition) is 2. The van der Waals surface area contributed by atoms with Crippen molar-refractivity contribution in [1.82, 2.24) is 9.38 Å². The highest BCUT2D eigenvalue weighted by molar-refractivity contribution is 7.72. The maximum Gasteiger partial charge on any atom is 0.185 e. The van der Waals surface area contributed by atoms with Gasteiger partial charge in [-0.05, 0) is 12.1 Å². The normalized spacial score (nSPS) is 11.2. The first-order valence-electron chi connectivity index (χ1n) is 3.55. The lowest BCUT2D eigenvalue weighted by Gasteiger charge is -1.96. The van der Waals surface area contributed by atoms with Crippen molar-refractivity contribution in [3.8, 4) is 0 Å². The summed E-state index contributed by atoms with van der Waals surface area (Å²) >= 11 is 0. The molecule has 13 heavy (non-hydrogen) atoms. The molecule has 0 amide bonds. The molecular formula is C7H7N3O2S. The van der Waals surface area contributed by atoms with Gasteiger partial charge in [-0.3, -0.25) is 4.40 Å². The highest BCUT2D eigenvalue weighted by Crippen LogP contribution is 2.10. The van der Waals surface area contributed by atoms with Crippen LogP contribution in [0, 0.1) is 0 Å². The Morgan fingerprint density at radius 2 is 2.15 bits per heavy atom. The van der Waals surface area contributed by atoms with E-state index in [1.54, 1.807) is 12.1 Å². The second-order valence-electron chi connectivity index (χ2n) is 2.56. The number of anilines is 1. The summed E-state index contributed by atoms with van der Waals surface area (Å²) in [5.74, 6) is 0. The molecule has 0 aliphatic heterocycles.